The first kappa shape index (κ1) is 22.2. The number of rotatable bonds is 5. The summed E-state index contributed by atoms with van der Waals surface area (Å²) in [5, 5.41) is 10.7. The summed E-state index contributed by atoms with van der Waals surface area (Å²) in [6.45, 7) is 8.63. The number of nitrogens with one attached hydrogen (secondary N) is 2. The van der Waals surface area contributed by atoms with E-state index in [2.05, 4.69) is 68.6 Å². The molecule has 37 heavy (non-hydrogen) atoms. The third-order valence-corrected chi connectivity index (χ3v) is 8.16. The molecule has 9 heteroatoms. The van der Waals surface area contributed by atoms with E-state index in [4.69, 9.17) is 4.98 Å². The first-order valence-corrected chi connectivity index (χ1v) is 13.0. The van der Waals surface area contributed by atoms with Gasteiger partial charge in [-0.15, -0.1) is 0 Å². The van der Waals surface area contributed by atoms with E-state index in [1.807, 2.05) is 18.2 Å². The molecule has 0 bridgehead atoms. The van der Waals surface area contributed by atoms with Gasteiger partial charge in [0.2, 0.25) is 0 Å². The third kappa shape index (κ3) is 3.72. The van der Waals surface area contributed by atoms with Crippen molar-refractivity contribution >= 4 is 28.7 Å². The molecule has 1 unspecified atom stereocenters. The number of fused-ring (bicyclic) bond motifs is 3. The van der Waals surface area contributed by atoms with Crippen LogP contribution < -0.4 is 15.5 Å². The van der Waals surface area contributed by atoms with Crippen molar-refractivity contribution in [1.82, 2.24) is 29.8 Å². The lowest BCUT2D eigenvalue weighted by molar-refractivity contribution is 0.0965. The van der Waals surface area contributed by atoms with Crippen molar-refractivity contribution in [3.05, 3.63) is 66.1 Å². The average Bonchev–Trinajstić information content (AvgIpc) is 3.69. The van der Waals surface area contributed by atoms with Gasteiger partial charge in [0.25, 0.3) is 5.91 Å². The van der Waals surface area contributed by atoms with E-state index in [1.54, 1.807) is 17.0 Å². The van der Waals surface area contributed by atoms with E-state index in [0.717, 1.165) is 47.1 Å². The molecule has 2 saturated heterocycles. The topological polar surface area (TPSA) is 90.7 Å². The van der Waals surface area contributed by atoms with Crippen molar-refractivity contribution in [3.63, 3.8) is 0 Å². The van der Waals surface area contributed by atoms with Crippen molar-refractivity contribution in [3.8, 4) is 11.3 Å². The lowest BCUT2D eigenvalue weighted by atomic mass is 10.0. The third-order valence-electron chi connectivity index (χ3n) is 8.16. The van der Waals surface area contributed by atoms with E-state index >= 15 is 0 Å². The second-order valence-corrected chi connectivity index (χ2v) is 10.6. The molecule has 2 aromatic heterocycles. The number of benzene rings is 2. The summed E-state index contributed by atoms with van der Waals surface area (Å²) in [5.74, 6) is 1.39. The number of anilines is 3. The van der Waals surface area contributed by atoms with Crippen LogP contribution in [0.15, 0.2) is 55.0 Å². The van der Waals surface area contributed by atoms with Gasteiger partial charge in [0.05, 0.1) is 11.9 Å². The Morgan fingerprint density at radius 1 is 1.08 bits per heavy atom. The van der Waals surface area contributed by atoms with Crippen molar-refractivity contribution in [2.24, 2.45) is 5.92 Å². The van der Waals surface area contributed by atoms with E-state index in [1.165, 1.54) is 18.7 Å². The molecule has 3 aliphatic rings. The number of hydrogen-bond acceptors (Lipinski definition) is 7. The van der Waals surface area contributed by atoms with Gasteiger partial charge in [-0.1, -0.05) is 6.07 Å². The van der Waals surface area contributed by atoms with Crippen molar-refractivity contribution < 1.29 is 4.79 Å². The lowest BCUT2D eigenvalue weighted by Crippen LogP contribution is -2.37. The minimum atomic E-state index is -0.0264. The van der Waals surface area contributed by atoms with Gasteiger partial charge in [-0.3, -0.25) is 9.69 Å². The molecule has 3 aliphatic heterocycles. The number of amides is 1. The van der Waals surface area contributed by atoms with Crippen molar-refractivity contribution in [2.45, 2.75) is 38.9 Å². The van der Waals surface area contributed by atoms with Crippen LogP contribution in [0, 0.1) is 5.92 Å². The van der Waals surface area contributed by atoms with Crippen LogP contribution in [-0.2, 0) is 6.54 Å². The molecule has 7 rings (SSSR count). The predicted octanol–water partition coefficient (Wildman–Crippen LogP) is 3.70. The van der Waals surface area contributed by atoms with Gasteiger partial charge in [-0.05, 0) is 68.1 Å². The maximum atomic E-state index is 11.9. The number of nitrogens with zero attached hydrogens (tertiary/aromatic N) is 6. The number of likely N-dealkylation sites (tertiary alicyclic amines) is 1. The second-order valence-electron chi connectivity index (χ2n) is 10.6. The van der Waals surface area contributed by atoms with Gasteiger partial charge in [0, 0.05) is 60.8 Å². The van der Waals surface area contributed by atoms with Crippen LogP contribution in [0.5, 0.6) is 0 Å². The molecule has 4 aromatic rings. The minimum absolute atomic E-state index is 0.0264. The highest BCUT2D eigenvalue weighted by molar-refractivity contribution is 5.98. The highest BCUT2D eigenvalue weighted by Crippen LogP contribution is 2.36. The molecule has 1 amide bonds. The Bertz CT molecular complexity index is 1490. The maximum absolute atomic E-state index is 11.9. The number of carbonyl (C=O) groups is 1. The Morgan fingerprint density at radius 2 is 1.95 bits per heavy atom. The molecule has 0 aliphatic carbocycles. The number of carbonyl (C=O) groups excluding carboxylic acids is 1. The summed E-state index contributed by atoms with van der Waals surface area (Å²) in [4.78, 5) is 26.3. The average molecular weight is 495 g/mol. The van der Waals surface area contributed by atoms with Crippen molar-refractivity contribution in [1.29, 1.82) is 0 Å². The van der Waals surface area contributed by atoms with Crippen LogP contribution >= 0.6 is 0 Å². The smallest absolute Gasteiger partial charge is 0.251 e. The Labute approximate surface area is 215 Å². The van der Waals surface area contributed by atoms with Gasteiger partial charge >= 0.3 is 0 Å². The molecule has 5 heterocycles. The normalized spacial score (nSPS) is 21.1. The fourth-order valence-corrected chi connectivity index (χ4v) is 6.10. The van der Waals surface area contributed by atoms with Crippen LogP contribution in [0.2, 0.25) is 0 Å². The SMILES string of the molecule is CC(C)N1CC2CCN(c3ccc(Nc4ncc(-c5ccc6c(c5)CNC6=O)n5ncnc45)cc3)[C@@H]2C1. The van der Waals surface area contributed by atoms with E-state index in [-0.39, 0.29) is 5.91 Å². The fraction of sp³-hybridized carbons (Fsp3) is 0.357. The molecule has 0 spiro atoms. The molecule has 9 nitrogen and oxygen atoms in total. The van der Waals surface area contributed by atoms with E-state index in [9.17, 15) is 4.79 Å². The molecule has 2 fully saturated rings. The molecule has 188 valence electrons. The molecule has 0 saturated carbocycles. The summed E-state index contributed by atoms with van der Waals surface area (Å²) in [6, 6.07) is 15.7. The lowest BCUT2D eigenvalue weighted by Gasteiger charge is -2.28. The summed E-state index contributed by atoms with van der Waals surface area (Å²) in [6.07, 6.45) is 4.61. The first-order chi connectivity index (χ1) is 18.0. The van der Waals surface area contributed by atoms with Gasteiger partial charge in [-0.25, -0.2) is 14.5 Å². The van der Waals surface area contributed by atoms with Gasteiger partial charge in [-0.2, -0.15) is 5.10 Å². The van der Waals surface area contributed by atoms with E-state index < -0.39 is 0 Å². The highest BCUT2D eigenvalue weighted by Gasteiger charge is 2.41. The summed E-state index contributed by atoms with van der Waals surface area (Å²) < 4.78 is 1.79. The van der Waals surface area contributed by atoms with Crippen molar-refractivity contribution in [2.75, 3.05) is 29.9 Å². The molecular weight excluding hydrogens is 464 g/mol. The Balaban J connectivity index is 1.12. The van der Waals surface area contributed by atoms with Gasteiger partial charge < -0.3 is 15.5 Å². The summed E-state index contributed by atoms with van der Waals surface area (Å²) >= 11 is 0. The number of aromatic nitrogens is 4. The zero-order valence-corrected chi connectivity index (χ0v) is 21.1. The van der Waals surface area contributed by atoms with Crippen LogP contribution in [0.1, 0.15) is 36.2 Å². The van der Waals surface area contributed by atoms with Crippen LogP contribution in [0.3, 0.4) is 0 Å². The van der Waals surface area contributed by atoms with Crippen LogP contribution in [0.4, 0.5) is 17.2 Å². The molecule has 2 aromatic carbocycles. The Morgan fingerprint density at radius 3 is 2.78 bits per heavy atom. The highest BCUT2D eigenvalue weighted by atomic mass is 16.1. The van der Waals surface area contributed by atoms with E-state index in [0.29, 0.717) is 30.1 Å². The van der Waals surface area contributed by atoms with Gasteiger partial charge in [0.1, 0.15) is 6.33 Å². The van der Waals surface area contributed by atoms with Gasteiger partial charge in [0.15, 0.2) is 11.5 Å². The second kappa shape index (κ2) is 8.55. The van der Waals surface area contributed by atoms with Crippen LogP contribution in [0.25, 0.3) is 16.9 Å². The summed E-state index contributed by atoms with van der Waals surface area (Å²) in [7, 11) is 0. The van der Waals surface area contributed by atoms with Crippen LogP contribution in [-0.4, -0.2) is 62.1 Å². The molecule has 2 N–H and O–H groups in total. The maximum Gasteiger partial charge on any atom is 0.251 e. The zero-order valence-electron chi connectivity index (χ0n) is 21.1. The first-order valence-electron chi connectivity index (χ1n) is 13.0. The number of hydrogen-bond donors (Lipinski definition) is 2. The Kier molecular flexibility index (Phi) is 5.14. The largest absolute Gasteiger partial charge is 0.367 e. The fourth-order valence-electron chi connectivity index (χ4n) is 6.10. The molecule has 0 radical (unpaired) electrons. The predicted molar refractivity (Wildman–Crippen MR) is 143 cm³/mol. The molecular formula is C28H30N8O. The Hall–Kier alpha value is -3.98. The summed E-state index contributed by atoms with van der Waals surface area (Å²) in [5.41, 5.74) is 6.37. The standard InChI is InChI=1S/C28H30N8O/c1-17(2)34-14-19-9-10-35(25(19)15-34)22-6-4-21(5-7-22)33-26-27-31-16-32-36(27)24(13-29-26)18-3-8-23-20(11-18)12-30-28(23)37/h3-8,11,13,16-17,19,25H,9-10,12,14-15H2,1-2H3,(H,29,33)(H,30,37)/t19?,25-/m1/s1. The molecule has 2 atom stereocenters. The monoisotopic (exact) mass is 494 g/mol. The quantitative estimate of drug-likeness (QED) is 0.437. The zero-order chi connectivity index (χ0) is 25.1. The minimum Gasteiger partial charge on any atom is -0.367 e.